The molecule has 0 unspecified atom stereocenters. The van der Waals surface area contributed by atoms with Crippen molar-refractivity contribution in [1.82, 2.24) is 19.9 Å². The molecule has 0 saturated heterocycles. The van der Waals surface area contributed by atoms with E-state index in [2.05, 4.69) is 26.2 Å². The fourth-order valence-electron chi connectivity index (χ4n) is 2.96. The van der Waals surface area contributed by atoms with Crippen molar-refractivity contribution in [2.75, 3.05) is 6.54 Å². The molecule has 0 radical (unpaired) electrons. The summed E-state index contributed by atoms with van der Waals surface area (Å²) in [4.78, 5) is 21.5. The molecule has 0 fully saturated rings. The van der Waals surface area contributed by atoms with Gasteiger partial charge in [0.25, 0.3) is 5.91 Å². The Morgan fingerprint density at radius 1 is 1.00 bits per heavy atom. The van der Waals surface area contributed by atoms with E-state index in [1.165, 1.54) is 0 Å². The molecule has 5 nitrogen and oxygen atoms in total. The minimum atomic E-state index is -0.0962. The van der Waals surface area contributed by atoms with Crippen LogP contribution in [0.1, 0.15) is 10.4 Å². The highest BCUT2D eigenvalue weighted by atomic mass is 79.9. The Kier molecular flexibility index (Phi) is 4.98. The van der Waals surface area contributed by atoms with E-state index in [1.807, 2.05) is 59.2 Å². The number of rotatable bonds is 5. The third kappa shape index (κ3) is 3.75. The van der Waals surface area contributed by atoms with Crippen LogP contribution in [0.25, 0.3) is 22.6 Å². The van der Waals surface area contributed by atoms with E-state index in [0.717, 1.165) is 27.0 Å². The third-order valence-corrected chi connectivity index (χ3v) is 4.79. The molecule has 0 aliphatic rings. The number of benzene rings is 2. The first kappa shape index (κ1) is 17.4. The summed E-state index contributed by atoms with van der Waals surface area (Å²) in [6.07, 6.45) is 1.76. The second kappa shape index (κ2) is 7.72. The molecule has 1 amide bonds. The molecule has 2 aromatic carbocycles. The zero-order valence-electron chi connectivity index (χ0n) is 14.5. The van der Waals surface area contributed by atoms with Gasteiger partial charge in [0, 0.05) is 34.9 Å². The van der Waals surface area contributed by atoms with E-state index < -0.39 is 0 Å². The molecule has 27 heavy (non-hydrogen) atoms. The number of amides is 1. The summed E-state index contributed by atoms with van der Waals surface area (Å²) in [5, 5.41) is 2.97. The SMILES string of the molecule is O=C(NCCn1c(-c2ccccc2)nc2cccnc21)c1ccc(Br)cc1. The van der Waals surface area contributed by atoms with Crippen LogP contribution in [0.15, 0.2) is 77.4 Å². The van der Waals surface area contributed by atoms with Crippen LogP contribution in [-0.4, -0.2) is 27.0 Å². The summed E-state index contributed by atoms with van der Waals surface area (Å²) >= 11 is 3.38. The maximum absolute atomic E-state index is 12.3. The zero-order chi connectivity index (χ0) is 18.6. The van der Waals surface area contributed by atoms with Crippen molar-refractivity contribution in [1.29, 1.82) is 0 Å². The second-order valence-corrected chi connectivity index (χ2v) is 6.98. The van der Waals surface area contributed by atoms with Crippen molar-refractivity contribution in [2.45, 2.75) is 6.54 Å². The van der Waals surface area contributed by atoms with Crippen molar-refractivity contribution in [3.05, 3.63) is 83.0 Å². The number of nitrogens with zero attached hydrogens (tertiary/aromatic N) is 3. The minimum Gasteiger partial charge on any atom is -0.350 e. The van der Waals surface area contributed by atoms with Gasteiger partial charge in [0.15, 0.2) is 5.65 Å². The summed E-state index contributed by atoms with van der Waals surface area (Å²) < 4.78 is 2.99. The predicted molar refractivity (Wildman–Crippen MR) is 109 cm³/mol. The van der Waals surface area contributed by atoms with Crippen LogP contribution < -0.4 is 5.32 Å². The molecule has 4 rings (SSSR count). The first-order valence-corrected chi connectivity index (χ1v) is 9.42. The van der Waals surface area contributed by atoms with Crippen LogP contribution in [0.2, 0.25) is 0 Å². The molecular weight excluding hydrogens is 404 g/mol. The Balaban J connectivity index is 1.56. The van der Waals surface area contributed by atoms with Gasteiger partial charge in [0.05, 0.1) is 0 Å². The topological polar surface area (TPSA) is 59.8 Å². The van der Waals surface area contributed by atoms with Gasteiger partial charge in [0.2, 0.25) is 0 Å². The molecule has 0 spiro atoms. The molecule has 6 heteroatoms. The van der Waals surface area contributed by atoms with Crippen molar-refractivity contribution in [3.8, 4) is 11.4 Å². The van der Waals surface area contributed by atoms with Gasteiger partial charge in [-0.1, -0.05) is 46.3 Å². The van der Waals surface area contributed by atoms with E-state index in [-0.39, 0.29) is 5.91 Å². The number of imidazole rings is 1. The van der Waals surface area contributed by atoms with E-state index >= 15 is 0 Å². The lowest BCUT2D eigenvalue weighted by atomic mass is 10.2. The smallest absolute Gasteiger partial charge is 0.251 e. The molecule has 0 bridgehead atoms. The molecule has 134 valence electrons. The van der Waals surface area contributed by atoms with E-state index in [9.17, 15) is 4.79 Å². The molecule has 4 aromatic rings. The summed E-state index contributed by atoms with van der Waals surface area (Å²) in [5.41, 5.74) is 3.31. The lowest BCUT2D eigenvalue weighted by molar-refractivity contribution is 0.0952. The largest absolute Gasteiger partial charge is 0.350 e. The number of nitrogens with one attached hydrogen (secondary N) is 1. The Morgan fingerprint density at radius 2 is 1.78 bits per heavy atom. The average Bonchev–Trinajstić information content (AvgIpc) is 3.08. The quantitative estimate of drug-likeness (QED) is 0.523. The highest BCUT2D eigenvalue weighted by Gasteiger charge is 2.13. The molecule has 2 heterocycles. The Hall–Kier alpha value is -2.99. The number of hydrogen-bond donors (Lipinski definition) is 1. The minimum absolute atomic E-state index is 0.0962. The van der Waals surface area contributed by atoms with E-state index in [4.69, 9.17) is 4.98 Å². The van der Waals surface area contributed by atoms with Crippen molar-refractivity contribution < 1.29 is 4.79 Å². The summed E-state index contributed by atoms with van der Waals surface area (Å²) in [7, 11) is 0. The van der Waals surface area contributed by atoms with Gasteiger partial charge < -0.3 is 9.88 Å². The standard InChI is InChI=1S/C21H17BrN4O/c22-17-10-8-16(9-11-17)21(27)24-13-14-26-19(15-5-2-1-3-6-15)25-18-7-4-12-23-20(18)26/h1-12H,13-14H2,(H,24,27). The highest BCUT2D eigenvalue weighted by Crippen LogP contribution is 2.23. The van der Waals surface area contributed by atoms with Gasteiger partial charge in [0.1, 0.15) is 11.3 Å². The predicted octanol–water partition coefficient (Wildman–Crippen LogP) is 4.29. The number of fused-ring (bicyclic) bond motifs is 1. The summed E-state index contributed by atoms with van der Waals surface area (Å²) in [6.45, 7) is 1.07. The Morgan fingerprint density at radius 3 is 2.56 bits per heavy atom. The molecule has 0 saturated carbocycles. The van der Waals surface area contributed by atoms with Gasteiger partial charge in [-0.25, -0.2) is 9.97 Å². The van der Waals surface area contributed by atoms with Crippen LogP contribution in [0.3, 0.4) is 0 Å². The van der Waals surface area contributed by atoms with Crippen LogP contribution >= 0.6 is 15.9 Å². The van der Waals surface area contributed by atoms with Crippen molar-refractivity contribution in [2.24, 2.45) is 0 Å². The molecule has 2 aromatic heterocycles. The van der Waals surface area contributed by atoms with E-state index in [1.54, 1.807) is 18.3 Å². The fourth-order valence-corrected chi connectivity index (χ4v) is 3.23. The normalized spacial score (nSPS) is 10.9. The van der Waals surface area contributed by atoms with Gasteiger partial charge in [-0.2, -0.15) is 0 Å². The molecular formula is C21H17BrN4O. The number of hydrogen-bond acceptors (Lipinski definition) is 3. The molecule has 0 atom stereocenters. The lowest BCUT2D eigenvalue weighted by Gasteiger charge is -2.10. The fraction of sp³-hybridized carbons (Fsp3) is 0.0952. The highest BCUT2D eigenvalue weighted by molar-refractivity contribution is 9.10. The monoisotopic (exact) mass is 420 g/mol. The van der Waals surface area contributed by atoms with Crippen molar-refractivity contribution in [3.63, 3.8) is 0 Å². The van der Waals surface area contributed by atoms with Gasteiger partial charge in [-0.3, -0.25) is 4.79 Å². The number of halogens is 1. The van der Waals surface area contributed by atoms with Gasteiger partial charge >= 0.3 is 0 Å². The number of aromatic nitrogens is 3. The molecule has 0 aliphatic heterocycles. The zero-order valence-corrected chi connectivity index (χ0v) is 16.1. The van der Waals surface area contributed by atoms with Crippen LogP contribution in [-0.2, 0) is 6.54 Å². The number of carbonyl (C=O) groups excluding carboxylic acids is 1. The second-order valence-electron chi connectivity index (χ2n) is 6.06. The molecule has 1 N–H and O–H groups in total. The summed E-state index contributed by atoms with van der Waals surface area (Å²) in [5.74, 6) is 0.753. The Labute approximate surface area is 165 Å². The van der Waals surface area contributed by atoms with Gasteiger partial charge in [-0.15, -0.1) is 0 Å². The lowest BCUT2D eigenvalue weighted by Crippen LogP contribution is -2.27. The third-order valence-electron chi connectivity index (χ3n) is 4.26. The summed E-state index contributed by atoms with van der Waals surface area (Å²) in [6, 6.07) is 21.1. The van der Waals surface area contributed by atoms with Crippen LogP contribution in [0.5, 0.6) is 0 Å². The first-order valence-electron chi connectivity index (χ1n) is 8.63. The number of pyridine rings is 1. The van der Waals surface area contributed by atoms with Crippen LogP contribution in [0, 0.1) is 0 Å². The van der Waals surface area contributed by atoms with Crippen LogP contribution in [0.4, 0.5) is 0 Å². The van der Waals surface area contributed by atoms with Gasteiger partial charge in [-0.05, 0) is 36.4 Å². The maximum Gasteiger partial charge on any atom is 0.251 e. The first-order chi connectivity index (χ1) is 13.2. The van der Waals surface area contributed by atoms with Crippen molar-refractivity contribution >= 4 is 33.0 Å². The number of carbonyl (C=O) groups is 1. The van der Waals surface area contributed by atoms with E-state index in [0.29, 0.717) is 18.7 Å². The average molecular weight is 421 g/mol. The Bertz CT molecular complexity index is 1070. The molecule has 0 aliphatic carbocycles. The maximum atomic E-state index is 12.3.